The Hall–Kier alpha value is -1.82. The molecule has 3 N–H and O–H groups in total. The van der Waals surface area contributed by atoms with Crippen LogP contribution >= 0.6 is 24.8 Å². The van der Waals surface area contributed by atoms with E-state index in [2.05, 4.69) is 10.3 Å². The van der Waals surface area contributed by atoms with Gasteiger partial charge in [0.25, 0.3) is 0 Å². The van der Waals surface area contributed by atoms with Crippen LogP contribution in [0.3, 0.4) is 0 Å². The van der Waals surface area contributed by atoms with Crippen LogP contribution in [0.15, 0.2) is 54.9 Å². The summed E-state index contributed by atoms with van der Waals surface area (Å²) in [5.74, 6) is -0.00149. The molecule has 25 heavy (non-hydrogen) atoms. The van der Waals surface area contributed by atoms with Gasteiger partial charge in [-0.25, -0.2) is 0 Å². The molecule has 138 valence electrons. The summed E-state index contributed by atoms with van der Waals surface area (Å²) in [7, 11) is 0. The van der Waals surface area contributed by atoms with Gasteiger partial charge in [-0.15, -0.1) is 24.8 Å². The van der Waals surface area contributed by atoms with Crippen molar-refractivity contribution in [2.45, 2.75) is 25.9 Å². The molecule has 0 saturated heterocycles. The Kier molecular flexibility index (Phi) is 11.6. The molecule has 5 nitrogen and oxygen atoms in total. The number of amides is 1. The highest BCUT2D eigenvalue weighted by Gasteiger charge is 2.12. The van der Waals surface area contributed by atoms with Crippen LogP contribution in [-0.2, 0) is 11.3 Å². The summed E-state index contributed by atoms with van der Waals surface area (Å²) in [6, 6.07) is 13.9. The van der Waals surface area contributed by atoms with Crippen molar-refractivity contribution in [2.75, 3.05) is 18.0 Å². The Labute approximate surface area is 161 Å². The number of nitrogens with one attached hydrogen (secondary N) is 1. The lowest BCUT2D eigenvalue weighted by Crippen LogP contribution is -2.38. The largest absolute Gasteiger partial charge is 0.358 e. The van der Waals surface area contributed by atoms with Gasteiger partial charge in [0, 0.05) is 37.2 Å². The van der Waals surface area contributed by atoms with E-state index < -0.39 is 0 Å². The molecule has 0 aliphatic carbocycles. The fourth-order valence-corrected chi connectivity index (χ4v) is 2.26. The molecule has 1 heterocycles. The van der Waals surface area contributed by atoms with Gasteiger partial charge in [-0.05, 0) is 37.1 Å². The van der Waals surface area contributed by atoms with Crippen LogP contribution in [0.1, 0.15) is 18.9 Å². The summed E-state index contributed by atoms with van der Waals surface area (Å²) in [5.41, 5.74) is 7.79. The molecule has 0 bridgehead atoms. The molecule has 0 aliphatic rings. The number of aromatic nitrogens is 1. The average Bonchev–Trinajstić information content (AvgIpc) is 2.56. The molecule has 0 radical (unpaired) electrons. The van der Waals surface area contributed by atoms with Crippen molar-refractivity contribution in [1.29, 1.82) is 0 Å². The third-order valence-corrected chi connectivity index (χ3v) is 3.47. The van der Waals surface area contributed by atoms with E-state index >= 15 is 0 Å². The molecule has 2 aromatic rings. The smallest absolute Gasteiger partial charge is 0.239 e. The van der Waals surface area contributed by atoms with Gasteiger partial charge in [-0.2, -0.15) is 0 Å². The van der Waals surface area contributed by atoms with Gasteiger partial charge >= 0.3 is 0 Å². The lowest BCUT2D eigenvalue weighted by atomic mass is 10.2. The van der Waals surface area contributed by atoms with Crippen molar-refractivity contribution < 1.29 is 4.79 Å². The summed E-state index contributed by atoms with van der Waals surface area (Å²) in [5, 5.41) is 2.92. The third kappa shape index (κ3) is 8.72. The molecule has 1 aromatic heterocycles. The van der Waals surface area contributed by atoms with Gasteiger partial charge in [-0.3, -0.25) is 9.78 Å². The van der Waals surface area contributed by atoms with E-state index in [4.69, 9.17) is 5.73 Å². The zero-order chi connectivity index (χ0) is 16.5. The summed E-state index contributed by atoms with van der Waals surface area (Å²) >= 11 is 0. The number of benzene rings is 1. The van der Waals surface area contributed by atoms with Gasteiger partial charge in [0.05, 0.1) is 6.54 Å². The highest BCUT2D eigenvalue weighted by atomic mass is 35.5. The van der Waals surface area contributed by atoms with Crippen LogP contribution in [0, 0.1) is 0 Å². The zero-order valence-corrected chi connectivity index (χ0v) is 15.9. The minimum atomic E-state index is -0.00149. The fourth-order valence-electron chi connectivity index (χ4n) is 2.26. The molecule has 2 rings (SSSR count). The molecule has 7 heteroatoms. The van der Waals surface area contributed by atoms with E-state index in [0.29, 0.717) is 19.6 Å². The Morgan fingerprint density at radius 3 is 2.52 bits per heavy atom. The number of hydrogen-bond acceptors (Lipinski definition) is 4. The first-order chi connectivity index (χ1) is 11.1. The van der Waals surface area contributed by atoms with E-state index in [1.165, 1.54) is 0 Å². The van der Waals surface area contributed by atoms with Crippen LogP contribution in [0.4, 0.5) is 5.69 Å². The maximum atomic E-state index is 12.2. The van der Waals surface area contributed by atoms with E-state index in [0.717, 1.165) is 17.7 Å². The summed E-state index contributed by atoms with van der Waals surface area (Å²) in [4.78, 5) is 18.4. The monoisotopic (exact) mass is 384 g/mol. The van der Waals surface area contributed by atoms with Crippen molar-refractivity contribution in [3.8, 4) is 0 Å². The number of nitrogens with zero attached hydrogens (tertiary/aromatic N) is 2. The van der Waals surface area contributed by atoms with Gasteiger partial charge < -0.3 is 16.0 Å². The molecule has 1 aromatic carbocycles. The number of anilines is 1. The molecule has 1 atom stereocenters. The lowest BCUT2D eigenvalue weighted by Gasteiger charge is -2.24. The van der Waals surface area contributed by atoms with Crippen molar-refractivity contribution >= 4 is 36.4 Å². The van der Waals surface area contributed by atoms with E-state index in [1.54, 1.807) is 6.20 Å². The third-order valence-electron chi connectivity index (χ3n) is 3.47. The van der Waals surface area contributed by atoms with Crippen LogP contribution in [-0.4, -0.2) is 30.0 Å². The number of carbonyl (C=O) groups is 1. The predicted octanol–water partition coefficient (Wildman–Crippen LogP) is 2.79. The number of para-hydroxylation sites is 1. The molecule has 1 amide bonds. The first kappa shape index (κ1) is 23.2. The topological polar surface area (TPSA) is 71.2 Å². The molecule has 0 spiro atoms. The van der Waals surface area contributed by atoms with E-state index in [-0.39, 0.29) is 36.8 Å². The molecule has 0 aliphatic heterocycles. The van der Waals surface area contributed by atoms with Crippen LogP contribution in [0.2, 0.25) is 0 Å². The molecular formula is C18H26Cl2N4O. The Bertz CT molecular complexity index is 597. The average molecular weight is 385 g/mol. The van der Waals surface area contributed by atoms with Crippen LogP contribution in [0.5, 0.6) is 0 Å². The van der Waals surface area contributed by atoms with Gasteiger partial charge in [-0.1, -0.05) is 24.3 Å². The number of halogens is 2. The second kappa shape index (κ2) is 12.5. The first-order valence-electron chi connectivity index (χ1n) is 7.86. The van der Waals surface area contributed by atoms with Gasteiger partial charge in [0.1, 0.15) is 0 Å². The normalized spacial score (nSPS) is 10.8. The van der Waals surface area contributed by atoms with Gasteiger partial charge in [0.2, 0.25) is 5.91 Å². The number of pyridine rings is 1. The zero-order valence-electron chi connectivity index (χ0n) is 14.3. The van der Waals surface area contributed by atoms with Crippen LogP contribution in [0.25, 0.3) is 0 Å². The fraction of sp³-hybridized carbons (Fsp3) is 0.333. The second-order valence-electron chi connectivity index (χ2n) is 5.67. The molecule has 1 unspecified atom stereocenters. The highest BCUT2D eigenvalue weighted by molar-refractivity contribution is 5.85. The SMILES string of the molecule is CC(N)CCNC(=O)CN(Cc1cccnc1)c1ccccc1.Cl.Cl. The second-order valence-corrected chi connectivity index (χ2v) is 5.67. The molecule has 0 saturated carbocycles. The predicted molar refractivity (Wildman–Crippen MR) is 108 cm³/mol. The highest BCUT2D eigenvalue weighted by Crippen LogP contribution is 2.16. The minimum absolute atomic E-state index is 0. The van der Waals surface area contributed by atoms with Crippen LogP contribution < -0.4 is 16.0 Å². The maximum Gasteiger partial charge on any atom is 0.239 e. The summed E-state index contributed by atoms with van der Waals surface area (Å²) < 4.78 is 0. The molecule has 0 fully saturated rings. The summed E-state index contributed by atoms with van der Waals surface area (Å²) in [6.07, 6.45) is 4.35. The standard InChI is InChI=1S/C18H24N4O.2ClH/c1-15(19)9-11-21-18(23)14-22(17-7-3-2-4-8-17)13-16-6-5-10-20-12-16;;/h2-8,10,12,15H,9,11,13-14,19H2,1H3,(H,21,23);2*1H. The number of nitrogens with two attached hydrogens (primary N) is 1. The lowest BCUT2D eigenvalue weighted by molar-refractivity contribution is -0.119. The minimum Gasteiger partial charge on any atom is -0.358 e. The van der Waals surface area contributed by atoms with Crippen molar-refractivity contribution in [1.82, 2.24) is 10.3 Å². The van der Waals surface area contributed by atoms with Gasteiger partial charge in [0.15, 0.2) is 0 Å². The van der Waals surface area contributed by atoms with E-state index in [9.17, 15) is 4.79 Å². The number of hydrogen-bond donors (Lipinski definition) is 2. The van der Waals surface area contributed by atoms with E-state index in [1.807, 2.05) is 60.5 Å². The Balaban J connectivity index is 0.00000288. The number of carbonyl (C=O) groups excluding carboxylic acids is 1. The summed E-state index contributed by atoms with van der Waals surface area (Å²) in [6.45, 7) is 3.48. The quantitative estimate of drug-likeness (QED) is 0.733. The first-order valence-corrected chi connectivity index (χ1v) is 7.86. The Morgan fingerprint density at radius 1 is 1.20 bits per heavy atom. The van der Waals surface area contributed by atoms with Crippen molar-refractivity contribution in [3.05, 3.63) is 60.4 Å². The maximum absolute atomic E-state index is 12.2. The molecular weight excluding hydrogens is 359 g/mol. The van der Waals surface area contributed by atoms with Crippen molar-refractivity contribution in [2.24, 2.45) is 5.73 Å². The van der Waals surface area contributed by atoms with Crippen molar-refractivity contribution in [3.63, 3.8) is 0 Å². The number of rotatable bonds is 8. The Morgan fingerprint density at radius 2 is 1.92 bits per heavy atom.